The fraction of sp³-hybridized carbons (Fsp3) is 0.130. The first kappa shape index (κ1) is 20.1. The van der Waals surface area contributed by atoms with Gasteiger partial charge in [0.05, 0.1) is 0 Å². The number of hydrogen-bond acceptors (Lipinski definition) is 5. The van der Waals surface area contributed by atoms with Crippen molar-refractivity contribution in [3.05, 3.63) is 96.1 Å². The summed E-state index contributed by atoms with van der Waals surface area (Å²) in [5, 5.41) is 2.62. The molecule has 0 aliphatic rings. The van der Waals surface area contributed by atoms with E-state index in [1.54, 1.807) is 24.3 Å². The maximum Gasteiger partial charge on any atom is 0.411 e. The van der Waals surface area contributed by atoms with Crippen LogP contribution in [0.25, 0.3) is 0 Å². The summed E-state index contributed by atoms with van der Waals surface area (Å²) in [4.78, 5) is 24.0. The zero-order chi connectivity index (χ0) is 20.5. The first-order valence-electron chi connectivity index (χ1n) is 9.19. The maximum atomic E-state index is 12.2. The van der Waals surface area contributed by atoms with Gasteiger partial charge in [0.25, 0.3) is 0 Å². The van der Waals surface area contributed by atoms with Crippen molar-refractivity contribution in [2.75, 3.05) is 5.32 Å². The van der Waals surface area contributed by atoms with E-state index in [0.717, 1.165) is 11.1 Å². The number of hydrogen-bond donors (Lipinski definition) is 2. The van der Waals surface area contributed by atoms with E-state index >= 15 is 0 Å². The van der Waals surface area contributed by atoms with Gasteiger partial charge in [0.15, 0.2) is 0 Å². The number of benzene rings is 3. The zero-order valence-electron chi connectivity index (χ0n) is 15.8. The van der Waals surface area contributed by atoms with Gasteiger partial charge in [-0.3, -0.25) is 5.32 Å². The molecule has 148 valence electrons. The Balaban J connectivity index is 1.46. The number of rotatable bonds is 7. The largest absolute Gasteiger partial charge is 0.444 e. The van der Waals surface area contributed by atoms with Gasteiger partial charge < -0.3 is 15.2 Å². The van der Waals surface area contributed by atoms with Gasteiger partial charge in [0.1, 0.15) is 18.4 Å². The van der Waals surface area contributed by atoms with E-state index in [1.165, 1.54) is 0 Å². The summed E-state index contributed by atoms with van der Waals surface area (Å²) in [6.45, 7) is 0.182. The van der Waals surface area contributed by atoms with E-state index in [1.807, 2.05) is 60.7 Å². The molecule has 0 bridgehead atoms. The zero-order valence-corrected chi connectivity index (χ0v) is 15.8. The lowest BCUT2D eigenvalue weighted by molar-refractivity contribution is -0.135. The van der Waals surface area contributed by atoms with Crippen LogP contribution in [0.2, 0.25) is 0 Å². The van der Waals surface area contributed by atoms with E-state index in [0.29, 0.717) is 17.9 Å². The molecular weight excluding hydrogens is 368 g/mol. The third-order valence-electron chi connectivity index (χ3n) is 4.13. The molecule has 1 amide bonds. The maximum absolute atomic E-state index is 12.2. The second-order valence-electron chi connectivity index (χ2n) is 6.43. The first-order chi connectivity index (χ1) is 14.1. The second-order valence-corrected chi connectivity index (χ2v) is 6.43. The number of carbonyl (C=O) groups excluding carboxylic acids is 2. The van der Waals surface area contributed by atoms with Crippen LogP contribution >= 0.6 is 0 Å². The van der Waals surface area contributed by atoms with Crippen LogP contribution in [0.15, 0.2) is 84.9 Å². The molecule has 0 fully saturated rings. The number of anilines is 1. The minimum atomic E-state index is -0.761. The van der Waals surface area contributed by atoms with Gasteiger partial charge >= 0.3 is 12.1 Å². The first-order valence-corrected chi connectivity index (χ1v) is 9.19. The van der Waals surface area contributed by atoms with E-state index < -0.39 is 18.1 Å². The lowest BCUT2D eigenvalue weighted by Gasteiger charge is -2.12. The lowest BCUT2D eigenvalue weighted by Crippen LogP contribution is -2.36. The molecule has 0 radical (unpaired) electrons. The molecule has 3 rings (SSSR count). The Morgan fingerprint density at radius 1 is 0.828 bits per heavy atom. The van der Waals surface area contributed by atoms with Crippen molar-refractivity contribution in [1.82, 2.24) is 0 Å². The Bertz CT molecular complexity index is 928. The molecule has 3 N–H and O–H groups in total. The minimum Gasteiger partial charge on any atom is -0.444 e. The van der Waals surface area contributed by atoms with Crippen LogP contribution in [0.5, 0.6) is 5.75 Å². The monoisotopic (exact) mass is 390 g/mol. The van der Waals surface area contributed by atoms with Crippen molar-refractivity contribution < 1.29 is 19.1 Å². The van der Waals surface area contributed by atoms with Crippen LogP contribution in [0.4, 0.5) is 10.5 Å². The Hall–Kier alpha value is -3.64. The molecule has 0 saturated heterocycles. The number of nitrogens with two attached hydrogens (primary N) is 1. The molecule has 0 aromatic heterocycles. The summed E-state index contributed by atoms with van der Waals surface area (Å²) >= 11 is 0. The molecule has 3 aromatic carbocycles. The van der Waals surface area contributed by atoms with Crippen molar-refractivity contribution >= 4 is 17.7 Å². The van der Waals surface area contributed by atoms with Crippen molar-refractivity contribution in [2.45, 2.75) is 19.1 Å². The van der Waals surface area contributed by atoms with E-state index in [4.69, 9.17) is 15.2 Å². The molecule has 1 atom stereocenters. The Kier molecular flexibility index (Phi) is 6.97. The smallest absolute Gasteiger partial charge is 0.411 e. The van der Waals surface area contributed by atoms with Gasteiger partial charge in [-0.15, -0.1) is 0 Å². The molecule has 0 saturated carbocycles. The van der Waals surface area contributed by atoms with Gasteiger partial charge in [-0.1, -0.05) is 60.7 Å². The average Bonchev–Trinajstić information content (AvgIpc) is 2.75. The van der Waals surface area contributed by atoms with Crippen LogP contribution in [-0.2, 0) is 22.6 Å². The Morgan fingerprint density at radius 3 is 2.03 bits per heavy atom. The van der Waals surface area contributed by atoms with Gasteiger partial charge in [0.2, 0.25) is 0 Å². The fourth-order valence-electron chi connectivity index (χ4n) is 2.63. The third-order valence-corrected chi connectivity index (χ3v) is 4.13. The Labute approximate surface area is 169 Å². The van der Waals surface area contributed by atoms with Gasteiger partial charge in [-0.25, -0.2) is 9.59 Å². The molecule has 6 heteroatoms. The Morgan fingerprint density at radius 2 is 1.41 bits per heavy atom. The number of nitrogens with one attached hydrogen (secondary N) is 1. The van der Waals surface area contributed by atoms with Gasteiger partial charge in [0, 0.05) is 5.69 Å². The summed E-state index contributed by atoms with van der Waals surface area (Å²) in [5.41, 5.74) is 8.31. The molecule has 0 spiro atoms. The highest BCUT2D eigenvalue weighted by Gasteiger charge is 2.16. The van der Waals surface area contributed by atoms with Crippen LogP contribution in [0, 0.1) is 0 Å². The van der Waals surface area contributed by atoms with Crippen LogP contribution in [-0.4, -0.2) is 18.1 Å². The number of amides is 1. The highest BCUT2D eigenvalue weighted by Crippen LogP contribution is 2.17. The summed E-state index contributed by atoms with van der Waals surface area (Å²) in [5.74, 6) is -0.168. The summed E-state index contributed by atoms with van der Waals surface area (Å²) in [7, 11) is 0. The summed E-state index contributed by atoms with van der Waals surface area (Å²) in [6, 6.07) is 24.5. The fourth-order valence-corrected chi connectivity index (χ4v) is 2.63. The van der Waals surface area contributed by atoms with E-state index in [2.05, 4.69) is 5.32 Å². The normalized spacial score (nSPS) is 11.3. The standard InChI is InChI=1S/C23H22N2O4/c24-21(15-17-7-3-1-4-8-17)22(26)29-20-13-11-19(12-14-20)25-23(27)28-16-18-9-5-2-6-10-18/h1-14,21H,15-16,24H2,(H,25,27)/t21-/m0/s1. The number of carbonyl (C=O) groups is 2. The third kappa shape index (κ3) is 6.48. The van der Waals surface area contributed by atoms with Crippen molar-refractivity contribution in [2.24, 2.45) is 5.73 Å². The van der Waals surface area contributed by atoms with Crippen molar-refractivity contribution in [3.8, 4) is 5.75 Å². The van der Waals surface area contributed by atoms with Crippen LogP contribution in [0.3, 0.4) is 0 Å². The average molecular weight is 390 g/mol. The highest BCUT2D eigenvalue weighted by atomic mass is 16.5. The molecule has 3 aromatic rings. The molecular formula is C23H22N2O4. The van der Waals surface area contributed by atoms with E-state index in [9.17, 15) is 9.59 Å². The quantitative estimate of drug-likeness (QED) is 0.471. The molecule has 6 nitrogen and oxygen atoms in total. The second kappa shape index (κ2) is 10.1. The molecule has 0 heterocycles. The topological polar surface area (TPSA) is 90.7 Å². The van der Waals surface area contributed by atoms with Crippen LogP contribution < -0.4 is 15.8 Å². The highest BCUT2D eigenvalue weighted by molar-refractivity contribution is 5.84. The predicted octanol–water partition coefficient (Wildman–Crippen LogP) is 3.91. The minimum absolute atomic E-state index is 0.182. The van der Waals surface area contributed by atoms with E-state index in [-0.39, 0.29) is 6.61 Å². The van der Waals surface area contributed by atoms with Crippen molar-refractivity contribution in [3.63, 3.8) is 0 Å². The van der Waals surface area contributed by atoms with Gasteiger partial charge in [-0.2, -0.15) is 0 Å². The van der Waals surface area contributed by atoms with Crippen LogP contribution in [0.1, 0.15) is 11.1 Å². The molecule has 29 heavy (non-hydrogen) atoms. The SMILES string of the molecule is N[C@@H](Cc1ccccc1)C(=O)Oc1ccc(NC(=O)OCc2ccccc2)cc1. The molecule has 0 aliphatic carbocycles. The van der Waals surface area contributed by atoms with Gasteiger partial charge in [-0.05, 0) is 41.8 Å². The predicted molar refractivity (Wildman–Crippen MR) is 110 cm³/mol. The molecule has 0 unspecified atom stereocenters. The number of esters is 1. The summed E-state index contributed by atoms with van der Waals surface area (Å²) < 4.78 is 10.5. The lowest BCUT2D eigenvalue weighted by atomic mass is 10.1. The molecule has 0 aliphatic heterocycles. The summed E-state index contributed by atoms with van der Waals surface area (Å²) in [6.07, 6.45) is -0.171. The van der Waals surface area contributed by atoms with Crippen molar-refractivity contribution in [1.29, 1.82) is 0 Å². The number of ether oxygens (including phenoxy) is 2.